The molecule has 4 aromatic heterocycles. The number of rotatable bonds is 5. The number of amides is 1. The minimum atomic E-state index is -4.50. The SMILES string of the molecule is O=C(CN1CCOCC1)Nc1ccc(-c2ccc3ncc4c(c3c2)n(-c2cccc(C(F)(F)F)c2)c2nncn42)cn1. The van der Waals surface area contributed by atoms with Gasteiger partial charge in [0, 0.05) is 35.9 Å². The van der Waals surface area contributed by atoms with Gasteiger partial charge in [-0.15, -0.1) is 10.2 Å². The maximum Gasteiger partial charge on any atom is 0.416 e. The van der Waals surface area contributed by atoms with Crippen LogP contribution in [0, 0.1) is 0 Å². The summed E-state index contributed by atoms with van der Waals surface area (Å²) < 4.78 is 49.4. The lowest BCUT2D eigenvalue weighted by atomic mass is 10.0. The lowest BCUT2D eigenvalue weighted by Crippen LogP contribution is -2.41. The van der Waals surface area contributed by atoms with Crippen molar-refractivity contribution in [3.8, 4) is 16.8 Å². The molecule has 0 radical (unpaired) electrons. The molecule has 13 heteroatoms. The molecule has 0 spiro atoms. The number of hydrogen-bond donors (Lipinski definition) is 1. The summed E-state index contributed by atoms with van der Waals surface area (Å²) in [5.74, 6) is 0.656. The number of pyridine rings is 2. The Kier molecular flexibility index (Phi) is 6.32. The first-order chi connectivity index (χ1) is 20.3. The normalized spacial score (nSPS) is 14.6. The van der Waals surface area contributed by atoms with Gasteiger partial charge in [0.25, 0.3) is 0 Å². The smallest absolute Gasteiger partial charge is 0.379 e. The van der Waals surface area contributed by atoms with Gasteiger partial charge in [-0.05, 0) is 48.0 Å². The van der Waals surface area contributed by atoms with Crippen molar-refractivity contribution in [2.45, 2.75) is 6.18 Å². The van der Waals surface area contributed by atoms with Crippen LogP contribution in [0.15, 0.2) is 73.3 Å². The molecule has 42 heavy (non-hydrogen) atoms. The number of imidazole rings is 1. The van der Waals surface area contributed by atoms with Gasteiger partial charge >= 0.3 is 6.18 Å². The molecule has 0 unspecified atom stereocenters. The third-order valence-corrected chi connectivity index (χ3v) is 7.30. The molecule has 1 aliphatic rings. The highest BCUT2D eigenvalue weighted by Crippen LogP contribution is 2.35. The van der Waals surface area contributed by atoms with E-state index in [1.165, 1.54) is 12.4 Å². The van der Waals surface area contributed by atoms with E-state index in [1.807, 2.05) is 29.2 Å². The van der Waals surface area contributed by atoms with E-state index in [2.05, 4.69) is 25.5 Å². The van der Waals surface area contributed by atoms with Crippen molar-refractivity contribution in [3.05, 3.63) is 78.9 Å². The quantitative estimate of drug-likeness (QED) is 0.323. The van der Waals surface area contributed by atoms with Gasteiger partial charge in [0.15, 0.2) is 0 Å². The Bertz CT molecular complexity index is 1940. The highest BCUT2D eigenvalue weighted by atomic mass is 19.4. The van der Waals surface area contributed by atoms with E-state index >= 15 is 0 Å². The van der Waals surface area contributed by atoms with Crippen molar-refractivity contribution in [3.63, 3.8) is 0 Å². The van der Waals surface area contributed by atoms with E-state index in [0.717, 1.165) is 28.6 Å². The zero-order chi connectivity index (χ0) is 28.8. The van der Waals surface area contributed by atoms with E-state index in [0.29, 0.717) is 60.1 Å². The van der Waals surface area contributed by atoms with Gasteiger partial charge in [-0.2, -0.15) is 13.2 Å². The number of halogens is 3. The topological polar surface area (TPSA) is 102 Å². The second kappa shape index (κ2) is 10.2. The number of nitrogens with one attached hydrogen (secondary N) is 1. The molecule has 1 fully saturated rings. The summed E-state index contributed by atoms with van der Waals surface area (Å²) >= 11 is 0. The number of carbonyl (C=O) groups is 1. The zero-order valence-corrected chi connectivity index (χ0v) is 22.0. The van der Waals surface area contributed by atoms with Gasteiger partial charge in [0.1, 0.15) is 12.1 Å². The minimum Gasteiger partial charge on any atom is -0.379 e. The third kappa shape index (κ3) is 4.72. The predicted octanol–water partition coefficient (Wildman–Crippen LogP) is 4.57. The molecule has 1 saturated heterocycles. The predicted molar refractivity (Wildman–Crippen MR) is 149 cm³/mol. The number of benzene rings is 2. The number of carbonyl (C=O) groups excluding carboxylic acids is 1. The van der Waals surface area contributed by atoms with Crippen molar-refractivity contribution in [2.24, 2.45) is 0 Å². The molecule has 1 aliphatic heterocycles. The van der Waals surface area contributed by atoms with Crippen LogP contribution in [0.3, 0.4) is 0 Å². The summed E-state index contributed by atoms with van der Waals surface area (Å²) in [6.45, 7) is 2.92. The lowest BCUT2D eigenvalue weighted by molar-refractivity contribution is -0.137. The average molecular weight is 573 g/mol. The Labute approximate surface area is 236 Å². The second-order valence-electron chi connectivity index (χ2n) is 9.98. The van der Waals surface area contributed by atoms with Gasteiger partial charge in [-0.3, -0.25) is 23.6 Å². The number of aromatic nitrogens is 6. The fraction of sp³-hybridized carbons (Fsp3) is 0.207. The molecular formula is C29H23F3N8O2. The molecule has 0 bridgehead atoms. The van der Waals surface area contributed by atoms with Gasteiger partial charge in [0.2, 0.25) is 11.7 Å². The Morgan fingerprint density at radius 1 is 0.976 bits per heavy atom. The molecule has 0 atom stereocenters. The number of morpholine rings is 1. The number of anilines is 1. The molecule has 1 amide bonds. The fourth-order valence-corrected chi connectivity index (χ4v) is 5.26. The summed E-state index contributed by atoms with van der Waals surface area (Å²) in [7, 11) is 0. The summed E-state index contributed by atoms with van der Waals surface area (Å²) in [6.07, 6.45) is 0.339. The van der Waals surface area contributed by atoms with Crippen molar-refractivity contribution >= 4 is 39.4 Å². The molecule has 1 N–H and O–H groups in total. The van der Waals surface area contributed by atoms with E-state index < -0.39 is 11.7 Å². The standard InChI is InChI=1S/C29H23F3N8O2/c30-29(31,32)20-2-1-3-21(13-20)40-27-22-12-18(4-6-23(22)33-15-24(27)39-17-35-37-28(39)40)19-5-7-25(34-14-19)36-26(41)16-38-8-10-42-11-9-38/h1-7,12-15,17H,8-11,16H2,(H,34,36,41). The minimum absolute atomic E-state index is 0.147. The zero-order valence-electron chi connectivity index (χ0n) is 22.0. The third-order valence-electron chi connectivity index (χ3n) is 7.30. The van der Waals surface area contributed by atoms with Gasteiger partial charge in [-0.1, -0.05) is 12.1 Å². The van der Waals surface area contributed by atoms with Crippen molar-refractivity contribution < 1.29 is 22.7 Å². The van der Waals surface area contributed by atoms with E-state index in [4.69, 9.17) is 4.74 Å². The van der Waals surface area contributed by atoms with E-state index in [9.17, 15) is 18.0 Å². The largest absolute Gasteiger partial charge is 0.416 e. The van der Waals surface area contributed by atoms with E-state index in [1.54, 1.807) is 33.5 Å². The summed E-state index contributed by atoms with van der Waals surface area (Å²) in [4.78, 5) is 23.5. The molecule has 10 nitrogen and oxygen atoms in total. The number of alkyl halides is 3. The number of fused-ring (bicyclic) bond motifs is 5. The maximum absolute atomic E-state index is 13.6. The van der Waals surface area contributed by atoms with Crippen LogP contribution in [0.5, 0.6) is 0 Å². The van der Waals surface area contributed by atoms with Crippen LogP contribution >= 0.6 is 0 Å². The summed E-state index contributed by atoms with van der Waals surface area (Å²) in [6, 6.07) is 14.4. The summed E-state index contributed by atoms with van der Waals surface area (Å²) in [5, 5.41) is 11.7. The van der Waals surface area contributed by atoms with Crippen LogP contribution in [-0.2, 0) is 15.7 Å². The fourth-order valence-electron chi connectivity index (χ4n) is 5.26. The number of ether oxygens (including phenoxy) is 1. The van der Waals surface area contributed by atoms with Gasteiger partial charge in [-0.25, -0.2) is 4.98 Å². The molecule has 7 rings (SSSR count). The molecule has 0 saturated carbocycles. The highest BCUT2D eigenvalue weighted by molar-refractivity contribution is 6.06. The molecule has 6 aromatic rings. The van der Waals surface area contributed by atoms with Crippen LogP contribution in [0.1, 0.15) is 5.56 Å². The Balaban J connectivity index is 1.27. The molecule has 2 aromatic carbocycles. The Morgan fingerprint density at radius 2 is 1.81 bits per heavy atom. The van der Waals surface area contributed by atoms with Crippen LogP contribution < -0.4 is 5.32 Å². The van der Waals surface area contributed by atoms with Gasteiger partial charge in [0.05, 0.1) is 48.1 Å². The van der Waals surface area contributed by atoms with Crippen molar-refractivity contribution in [1.82, 2.24) is 34.0 Å². The average Bonchev–Trinajstić information content (AvgIpc) is 3.59. The summed E-state index contributed by atoms with van der Waals surface area (Å²) in [5.41, 5.74) is 3.11. The Morgan fingerprint density at radius 3 is 2.60 bits per heavy atom. The lowest BCUT2D eigenvalue weighted by Gasteiger charge is -2.25. The first kappa shape index (κ1) is 26.0. The first-order valence-electron chi connectivity index (χ1n) is 13.2. The highest BCUT2D eigenvalue weighted by Gasteiger charge is 2.31. The molecule has 212 valence electrons. The molecule has 5 heterocycles. The van der Waals surface area contributed by atoms with Gasteiger partial charge < -0.3 is 10.1 Å². The molecule has 0 aliphatic carbocycles. The number of hydrogen-bond acceptors (Lipinski definition) is 7. The maximum atomic E-state index is 13.6. The number of nitrogens with zero attached hydrogens (tertiary/aromatic N) is 7. The van der Waals surface area contributed by atoms with Crippen molar-refractivity contribution in [1.29, 1.82) is 0 Å². The van der Waals surface area contributed by atoms with Crippen LogP contribution in [0.25, 0.3) is 44.5 Å². The first-order valence-corrected chi connectivity index (χ1v) is 13.2. The van der Waals surface area contributed by atoms with Crippen molar-refractivity contribution in [2.75, 3.05) is 38.2 Å². The van der Waals surface area contributed by atoms with E-state index in [-0.39, 0.29) is 12.5 Å². The Hall–Kier alpha value is -4.88. The molecular weight excluding hydrogens is 549 g/mol. The monoisotopic (exact) mass is 572 g/mol. The van der Waals surface area contributed by atoms with Crippen LogP contribution in [-0.4, -0.2) is 72.8 Å². The second-order valence-corrected chi connectivity index (χ2v) is 9.98. The van der Waals surface area contributed by atoms with Crippen LogP contribution in [0.2, 0.25) is 0 Å². The van der Waals surface area contributed by atoms with Crippen LogP contribution in [0.4, 0.5) is 19.0 Å².